The van der Waals surface area contributed by atoms with E-state index in [2.05, 4.69) is 15.6 Å². The van der Waals surface area contributed by atoms with Crippen LogP contribution < -0.4 is 10.6 Å². The highest BCUT2D eigenvalue weighted by Crippen LogP contribution is 2.21. The molecule has 0 aliphatic heterocycles. The van der Waals surface area contributed by atoms with Crippen LogP contribution in [-0.4, -0.2) is 39.8 Å². The number of rotatable bonds is 10. The number of aryl methyl sites for hydroxylation is 1. The van der Waals surface area contributed by atoms with Gasteiger partial charge in [0.2, 0.25) is 0 Å². The first kappa shape index (κ1) is 23.8. The van der Waals surface area contributed by atoms with Crippen molar-refractivity contribution in [2.45, 2.75) is 32.1 Å². The van der Waals surface area contributed by atoms with Gasteiger partial charge in [-0.05, 0) is 49.8 Å². The van der Waals surface area contributed by atoms with E-state index in [1.807, 2.05) is 12.1 Å². The molecule has 0 saturated carbocycles. The van der Waals surface area contributed by atoms with Gasteiger partial charge in [-0.2, -0.15) is 0 Å². The zero-order valence-corrected chi connectivity index (χ0v) is 18.3. The lowest BCUT2D eigenvalue weighted by Crippen LogP contribution is -2.38. The number of methoxy groups -OCH3 is 1. The molecule has 1 aromatic rings. The van der Waals surface area contributed by atoms with Gasteiger partial charge in [0, 0.05) is 43.9 Å². The largest absolute Gasteiger partial charge is 0.385 e. The van der Waals surface area contributed by atoms with Crippen LogP contribution >= 0.6 is 47.2 Å². The quantitative estimate of drug-likeness (QED) is 0.220. The molecular formula is C17H28Cl2IN3O. The van der Waals surface area contributed by atoms with Crippen molar-refractivity contribution < 1.29 is 4.74 Å². The Morgan fingerprint density at radius 3 is 2.42 bits per heavy atom. The van der Waals surface area contributed by atoms with Crippen molar-refractivity contribution >= 4 is 53.1 Å². The van der Waals surface area contributed by atoms with Gasteiger partial charge in [0.1, 0.15) is 0 Å². The minimum atomic E-state index is 0. The predicted octanol–water partition coefficient (Wildman–Crippen LogP) is 4.53. The second-order valence-corrected chi connectivity index (χ2v) is 6.16. The summed E-state index contributed by atoms with van der Waals surface area (Å²) in [6.07, 6.45) is 5.27. The summed E-state index contributed by atoms with van der Waals surface area (Å²) in [6, 6.07) is 5.65. The molecule has 0 atom stereocenters. The predicted molar refractivity (Wildman–Crippen MR) is 115 cm³/mol. The van der Waals surface area contributed by atoms with E-state index in [9.17, 15) is 0 Å². The molecule has 0 unspecified atom stereocenters. The third-order valence-corrected chi connectivity index (χ3v) is 4.06. The Morgan fingerprint density at radius 1 is 1.08 bits per heavy atom. The number of ether oxygens (including phenoxy) is 1. The number of hydrogen-bond acceptors (Lipinski definition) is 2. The second-order valence-electron chi connectivity index (χ2n) is 5.32. The SMILES string of the molecule is CN=C(NCCCCCOC)NCCCc1ccc(Cl)cc1Cl.I. The normalized spacial score (nSPS) is 11.1. The van der Waals surface area contributed by atoms with Gasteiger partial charge in [0.05, 0.1) is 0 Å². The van der Waals surface area contributed by atoms with Crippen LogP contribution in [0.1, 0.15) is 31.2 Å². The van der Waals surface area contributed by atoms with E-state index in [-0.39, 0.29) is 24.0 Å². The highest BCUT2D eigenvalue weighted by atomic mass is 127. The van der Waals surface area contributed by atoms with Gasteiger partial charge in [-0.15, -0.1) is 24.0 Å². The maximum atomic E-state index is 6.17. The van der Waals surface area contributed by atoms with Crippen LogP contribution in [0.5, 0.6) is 0 Å². The topological polar surface area (TPSA) is 45.7 Å². The molecule has 0 aliphatic carbocycles. The van der Waals surface area contributed by atoms with Gasteiger partial charge < -0.3 is 15.4 Å². The first-order valence-corrected chi connectivity index (χ1v) is 8.80. The number of halogens is 3. The van der Waals surface area contributed by atoms with Crippen molar-refractivity contribution in [1.82, 2.24) is 10.6 Å². The number of aliphatic imine (C=N–C) groups is 1. The van der Waals surface area contributed by atoms with Crippen molar-refractivity contribution in [3.63, 3.8) is 0 Å². The summed E-state index contributed by atoms with van der Waals surface area (Å²) in [6.45, 7) is 2.61. The Kier molecular flexibility index (Phi) is 14.9. The Hall–Kier alpha value is -0.240. The molecule has 0 amide bonds. The summed E-state index contributed by atoms with van der Waals surface area (Å²) in [5, 5.41) is 8.04. The smallest absolute Gasteiger partial charge is 0.190 e. The van der Waals surface area contributed by atoms with Crippen LogP contribution in [0.3, 0.4) is 0 Å². The van der Waals surface area contributed by atoms with Crippen molar-refractivity contribution in [2.75, 3.05) is 33.9 Å². The number of guanidine groups is 1. The highest BCUT2D eigenvalue weighted by Gasteiger charge is 2.02. The summed E-state index contributed by atoms with van der Waals surface area (Å²) in [5.41, 5.74) is 1.12. The molecule has 0 radical (unpaired) electrons. The van der Waals surface area contributed by atoms with E-state index >= 15 is 0 Å². The van der Waals surface area contributed by atoms with Crippen LogP contribution in [0, 0.1) is 0 Å². The molecule has 0 heterocycles. The number of nitrogens with zero attached hydrogens (tertiary/aromatic N) is 1. The lowest BCUT2D eigenvalue weighted by atomic mass is 10.1. The van der Waals surface area contributed by atoms with Gasteiger partial charge in [-0.25, -0.2) is 0 Å². The van der Waals surface area contributed by atoms with Gasteiger partial charge in [0.25, 0.3) is 0 Å². The molecule has 24 heavy (non-hydrogen) atoms. The summed E-state index contributed by atoms with van der Waals surface area (Å²) >= 11 is 12.1. The number of hydrogen-bond donors (Lipinski definition) is 2. The summed E-state index contributed by atoms with van der Waals surface area (Å²) in [5.74, 6) is 0.846. The van der Waals surface area contributed by atoms with E-state index in [1.165, 1.54) is 0 Å². The molecule has 0 aliphatic rings. The maximum Gasteiger partial charge on any atom is 0.190 e. The minimum absolute atomic E-state index is 0. The van der Waals surface area contributed by atoms with Gasteiger partial charge in [0.15, 0.2) is 5.96 Å². The molecule has 7 heteroatoms. The number of nitrogens with one attached hydrogen (secondary N) is 2. The molecule has 1 rings (SSSR count). The van der Waals surface area contributed by atoms with E-state index in [4.69, 9.17) is 27.9 Å². The zero-order chi connectivity index (χ0) is 16.9. The Morgan fingerprint density at radius 2 is 1.79 bits per heavy atom. The molecule has 4 nitrogen and oxygen atoms in total. The Labute approximate surface area is 172 Å². The molecular weight excluding hydrogens is 460 g/mol. The van der Waals surface area contributed by atoms with Gasteiger partial charge in [-0.1, -0.05) is 29.3 Å². The monoisotopic (exact) mass is 487 g/mol. The summed E-state index contributed by atoms with van der Waals surface area (Å²) < 4.78 is 5.03. The van der Waals surface area contributed by atoms with Crippen LogP contribution in [0.4, 0.5) is 0 Å². The molecule has 0 saturated heterocycles. The molecule has 2 N–H and O–H groups in total. The van der Waals surface area contributed by atoms with Crippen molar-refractivity contribution in [1.29, 1.82) is 0 Å². The lowest BCUT2D eigenvalue weighted by molar-refractivity contribution is 0.192. The first-order valence-electron chi connectivity index (χ1n) is 8.04. The van der Waals surface area contributed by atoms with Crippen LogP contribution in [-0.2, 0) is 11.2 Å². The van der Waals surface area contributed by atoms with Crippen molar-refractivity contribution in [2.24, 2.45) is 4.99 Å². The molecule has 0 fully saturated rings. The molecule has 138 valence electrons. The lowest BCUT2D eigenvalue weighted by Gasteiger charge is -2.12. The number of benzene rings is 1. The van der Waals surface area contributed by atoms with Crippen LogP contribution in [0.25, 0.3) is 0 Å². The molecule has 0 bridgehead atoms. The third-order valence-electron chi connectivity index (χ3n) is 3.47. The molecule has 0 spiro atoms. The first-order chi connectivity index (χ1) is 11.2. The molecule has 0 aromatic heterocycles. The van der Waals surface area contributed by atoms with E-state index in [0.717, 1.165) is 68.3 Å². The van der Waals surface area contributed by atoms with Gasteiger partial charge >= 0.3 is 0 Å². The molecule has 1 aromatic carbocycles. The Bertz CT molecular complexity index is 487. The fourth-order valence-corrected chi connectivity index (χ4v) is 2.69. The standard InChI is InChI=1S/C17H27Cl2N3O.HI/c1-20-17(21-10-4-3-5-12-23-2)22-11-6-7-14-8-9-15(18)13-16(14)19;/h8-9,13H,3-7,10-12H2,1-2H3,(H2,20,21,22);1H. The maximum absolute atomic E-state index is 6.17. The van der Waals surface area contributed by atoms with Crippen LogP contribution in [0.15, 0.2) is 23.2 Å². The van der Waals surface area contributed by atoms with Gasteiger partial charge in [-0.3, -0.25) is 4.99 Å². The summed E-state index contributed by atoms with van der Waals surface area (Å²) in [4.78, 5) is 4.22. The minimum Gasteiger partial charge on any atom is -0.385 e. The summed E-state index contributed by atoms with van der Waals surface area (Å²) in [7, 11) is 3.53. The van der Waals surface area contributed by atoms with E-state index in [1.54, 1.807) is 20.2 Å². The van der Waals surface area contributed by atoms with E-state index in [0.29, 0.717) is 5.02 Å². The fraction of sp³-hybridized carbons (Fsp3) is 0.588. The third kappa shape index (κ3) is 10.6. The van der Waals surface area contributed by atoms with E-state index < -0.39 is 0 Å². The van der Waals surface area contributed by atoms with Crippen molar-refractivity contribution in [3.8, 4) is 0 Å². The fourth-order valence-electron chi connectivity index (χ4n) is 2.19. The Balaban J connectivity index is 0.00000529. The average Bonchev–Trinajstić information content (AvgIpc) is 2.54. The highest BCUT2D eigenvalue weighted by molar-refractivity contribution is 14.0. The van der Waals surface area contributed by atoms with Crippen molar-refractivity contribution in [3.05, 3.63) is 33.8 Å². The number of unbranched alkanes of at least 4 members (excludes halogenated alkanes) is 2. The second kappa shape index (κ2) is 15.0. The zero-order valence-electron chi connectivity index (χ0n) is 14.4. The van der Waals surface area contributed by atoms with Crippen LogP contribution in [0.2, 0.25) is 10.0 Å². The average molecular weight is 488 g/mol.